The summed E-state index contributed by atoms with van der Waals surface area (Å²) >= 11 is 0. The molecule has 2 aliphatic heterocycles. The molecular formula is C19H31N7O. The lowest BCUT2D eigenvalue weighted by Crippen LogP contribution is -2.36. The highest BCUT2D eigenvalue weighted by atomic mass is 16.5. The Labute approximate surface area is 160 Å². The lowest BCUT2D eigenvalue weighted by Gasteiger charge is -2.32. The van der Waals surface area contributed by atoms with Crippen LogP contribution >= 0.6 is 0 Å². The van der Waals surface area contributed by atoms with Gasteiger partial charge >= 0.3 is 0 Å². The molecule has 8 heteroatoms. The summed E-state index contributed by atoms with van der Waals surface area (Å²) in [6.07, 6.45) is 3.36. The summed E-state index contributed by atoms with van der Waals surface area (Å²) in [5, 5.41) is 16.6. The zero-order chi connectivity index (χ0) is 18.6. The number of aromatic amines is 1. The standard InChI is InChI=1S/C19H31N7O/c1-3-16-11-17(21-20-16)13-26-6-4-5-15(12-26)19-23-22-18(24(19)2)14-25-7-9-27-10-8-25/h11,15H,3-10,12-14H2,1-2H3,(H,20,21)/t15-/m1/s1. The van der Waals surface area contributed by atoms with Crippen LogP contribution in [-0.2, 0) is 31.3 Å². The molecule has 0 saturated carbocycles. The van der Waals surface area contributed by atoms with E-state index >= 15 is 0 Å². The predicted octanol–water partition coefficient (Wildman–Crippen LogP) is 1.31. The van der Waals surface area contributed by atoms with Gasteiger partial charge in [-0.25, -0.2) is 0 Å². The van der Waals surface area contributed by atoms with Gasteiger partial charge in [0, 0.05) is 44.8 Å². The van der Waals surface area contributed by atoms with Gasteiger partial charge in [-0.15, -0.1) is 10.2 Å². The maximum atomic E-state index is 5.44. The third-order valence-electron chi connectivity index (χ3n) is 5.78. The summed E-state index contributed by atoms with van der Waals surface area (Å²) in [5.41, 5.74) is 2.35. The SMILES string of the molecule is CCc1cc(CN2CCC[C@@H](c3nnc(CN4CCOCC4)n3C)C2)[nH]n1. The van der Waals surface area contributed by atoms with Crippen molar-refractivity contribution >= 4 is 0 Å². The zero-order valence-electron chi connectivity index (χ0n) is 16.5. The molecule has 0 spiro atoms. The van der Waals surface area contributed by atoms with Gasteiger partial charge in [-0.05, 0) is 31.9 Å². The van der Waals surface area contributed by atoms with Crippen LogP contribution in [0.15, 0.2) is 6.07 Å². The fourth-order valence-electron chi connectivity index (χ4n) is 4.15. The molecule has 2 fully saturated rings. The molecular weight excluding hydrogens is 342 g/mol. The number of hydrogen-bond acceptors (Lipinski definition) is 6. The van der Waals surface area contributed by atoms with Crippen LogP contribution in [0.5, 0.6) is 0 Å². The van der Waals surface area contributed by atoms with Gasteiger partial charge in [0.25, 0.3) is 0 Å². The maximum absolute atomic E-state index is 5.44. The van der Waals surface area contributed by atoms with Gasteiger partial charge in [0.05, 0.1) is 25.5 Å². The molecule has 0 aliphatic carbocycles. The lowest BCUT2D eigenvalue weighted by molar-refractivity contribution is 0.0326. The Morgan fingerprint density at radius 2 is 2.00 bits per heavy atom. The molecule has 2 aliphatic rings. The topological polar surface area (TPSA) is 75.1 Å². The van der Waals surface area contributed by atoms with Crippen LogP contribution in [0.1, 0.15) is 48.7 Å². The fraction of sp³-hybridized carbons (Fsp3) is 0.737. The number of likely N-dealkylation sites (tertiary alicyclic amines) is 1. The second kappa shape index (κ2) is 8.50. The van der Waals surface area contributed by atoms with Gasteiger partial charge in [-0.3, -0.25) is 14.9 Å². The van der Waals surface area contributed by atoms with Gasteiger partial charge in [0.1, 0.15) is 11.6 Å². The first-order valence-electron chi connectivity index (χ1n) is 10.2. The first-order chi connectivity index (χ1) is 13.2. The molecule has 27 heavy (non-hydrogen) atoms. The van der Waals surface area contributed by atoms with E-state index in [4.69, 9.17) is 4.74 Å². The monoisotopic (exact) mass is 373 g/mol. The summed E-state index contributed by atoms with van der Waals surface area (Å²) < 4.78 is 7.66. The predicted molar refractivity (Wildman–Crippen MR) is 102 cm³/mol. The summed E-state index contributed by atoms with van der Waals surface area (Å²) in [6.45, 7) is 9.68. The van der Waals surface area contributed by atoms with Gasteiger partial charge < -0.3 is 9.30 Å². The number of morpholine rings is 1. The Bertz CT molecular complexity index is 734. The van der Waals surface area contributed by atoms with Crippen LogP contribution in [0.3, 0.4) is 0 Å². The number of aromatic nitrogens is 5. The lowest BCUT2D eigenvalue weighted by atomic mass is 9.97. The average molecular weight is 374 g/mol. The first-order valence-corrected chi connectivity index (χ1v) is 10.2. The van der Waals surface area contributed by atoms with Crippen molar-refractivity contribution in [3.63, 3.8) is 0 Å². The minimum absolute atomic E-state index is 0.447. The van der Waals surface area contributed by atoms with E-state index in [1.54, 1.807) is 0 Å². The molecule has 4 rings (SSSR count). The summed E-state index contributed by atoms with van der Waals surface area (Å²) in [4.78, 5) is 4.91. The summed E-state index contributed by atoms with van der Waals surface area (Å²) in [7, 11) is 2.12. The van der Waals surface area contributed by atoms with Crippen molar-refractivity contribution in [3.8, 4) is 0 Å². The van der Waals surface area contributed by atoms with E-state index in [0.717, 1.165) is 76.2 Å². The maximum Gasteiger partial charge on any atom is 0.146 e. The number of nitrogens with zero attached hydrogens (tertiary/aromatic N) is 6. The Kier molecular flexibility index (Phi) is 5.85. The number of aryl methyl sites for hydroxylation is 1. The number of nitrogens with one attached hydrogen (secondary N) is 1. The highest BCUT2D eigenvalue weighted by Crippen LogP contribution is 2.27. The molecule has 2 saturated heterocycles. The van der Waals surface area contributed by atoms with Crippen molar-refractivity contribution in [2.45, 2.75) is 45.2 Å². The van der Waals surface area contributed by atoms with Crippen LogP contribution < -0.4 is 0 Å². The van der Waals surface area contributed by atoms with Crippen molar-refractivity contribution in [2.75, 3.05) is 39.4 Å². The van der Waals surface area contributed by atoms with Crippen LogP contribution in [0.25, 0.3) is 0 Å². The van der Waals surface area contributed by atoms with Crippen molar-refractivity contribution in [1.29, 1.82) is 0 Å². The quantitative estimate of drug-likeness (QED) is 0.823. The largest absolute Gasteiger partial charge is 0.379 e. The first kappa shape index (κ1) is 18.6. The van der Waals surface area contributed by atoms with Crippen LogP contribution in [0, 0.1) is 0 Å². The molecule has 0 bridgehead atoms. The van der Waals surface area contributed by atoms with Crippen molar-refractivity contribution in [1.82, 2.24) is 34.8 Å². The molecule has 148 valence electrons. The molecule has 4 heterocycles. The van der Waals surface area contributed by atoms with Crippen LogP contribution in [-0.4, -0.2) is 74.2 Å². The second-order valence-electron chi connectivity index (χ2n) is 7.73. The molecule has 0 unspecified atom stereocenters. The highest BCUT2D eigenvalue weighted by Gasteiger charge is 2.26. The minimum atomic E-state index is 0.447. The Morgan fingerprint density at radius 1 is 1.15 bits per heavy atom. The average Bonchev–Trinajstić information content (AvgIpc) is 3.30. The van der Waals surface area contributed by atoms with Crippen molar-refractivity contribution < 1.29 is 4.74 Å². The number of hydrogen-bond donors (Lipinski definition) is 1. The van der Waals surface area contributed by atoms with E-state index in [1.165, 1.54) is 18.5 Å². The van der Waals surface area contributed by atoms with E-state index in [0.29, 0.717) is 5.92 Å². The van der Waals surface area contributed by atoms with E-state index < -0.39 is 0 Å². The number of ether oxygens (including phenoxy) is 1. The van der Waals surface area contributed by atoms with Crippen molar-refractivity contribution in [3.05, 3.63) is 29.1 Å². The molecule has 0 radical (unpaired) electrons. The fourth-order valence-corrected chi connectivity index (χ4v) is 4.15. The summed E-state index contributed by atoms with van der Waals surface area (Å²) in [6, 6.07) is 2.19. The van der Waals surface area contributed by atoms with E-state index in [-0.39, 0.29) is 0 Å². The third-order valence-corrected chi connectivity index (χ3v) is 5.78. The highest BCUT2D eigenvalue weighted by molar-refractivity contribution is 5.09. The molecule has 0 aromatic carbocycles. The number of piperidine rings is 1. The zero-order valence-corrected chi connectivity index (χ0v) is 16.5. The molecule has 0 amide bonds. The minimum Gasteiger partial charge on any atom is -0.379 e. The summed E-state index contributed by atoms with van der Waals surface area (Å²) in [5.74, 6) is 2.63. The van der Waals surface area contributed by atoms with Gasteiger partial charge in [0.2, 0.25) is 0 Å². The normalized spacial score (nSPS) is 22.4. The number of H-pyrrole nitrogens is 1. The third kappa shape index (κ3) is 4.39. The van der Waals surface area contributed by atoms with E-state index in [1.807, 2.05) is 0 Å². The molecule has 1 N–H and O–H groups in total. The Morgan fingerprint density at radius 3 is 2.78 bits per heavy atom. The van der Waals surface area contributed by atoms with Crippen LogP contribution in [0.4, 0.5) is 0 Å². The smallest absolute Gasteiger partial charge is 0.146 e. The van der Waals surface area contributed by atoms with Gasteiger partial charge in [-0.1, -0.05) is 6.92 Å². The Hall–Kier alpha value is -1.77. The van der Waals surface area contributed by atoms with E-state index in [2.05, 4.69) is 54.8 Å². The molecule has 8 nitrogen and oxygen atoms in total. The molecule has 2 aromatic rings. The van der Waals surface area contributed by atoms with Crippen LogP contribution in [0.2, 0.25) is 0 Å². The number of rotatable bonds is 6. The van der Waals surface area contributed by atoms with E-state index in [9.17, 15) is 0 Å². The van der Waals surface area contributed by atoms with Gasteiger partial charge in [-0.2, -0.15) is 5.10 Å². The van der Waals surface area contributed by atoms with Gasteiger partial charge in [0.15, 0.2) is 0 Å². The molecule has 2 aromatic heterocycles. The van der Waals surface area contributed by atoms with Crippen molar-refractivity contribution in [2.24, 2.45) is 7.05 Å². The Balaban J connectivity index is 1.39. The molecule has 1 atom stereocenters. The second-order valence-corrected chi connectivity index (χ2v) is 7.73.